The molecule has 0 fully saturated rings. The first-order valence-electron chi connectivity index (χ1n) is 6.37. The maximum Gasteiger partial charge on any atom is 0.312 e. The number of benzene rings is 2. The summed E-state index contributed by atoms with van der Waals surface area (Å²) in [5.74, 6) is 0.848. The fraction of sp³-hybridized carbons (Fsp3) is 0.200. The van der Waals surface area contributed by atoms with Crippen molar-refractivity contribution in [3.63, 3.8) is 0 Å². The largest absolute Gasteiger partial charge is 0.450 e. The topological polar surface area (TPSA) is 64.4 Å². The summed E-state index contributed by atoms with van der Waals surface area (Å²) in [4.78, 5) is 10.7. The van der Waals surface area contributed by atoms with E-state index in [1.165, 1.54) is 6.07 Å². The molecule has 0 spiro atoms. The highest BCUT2D eigenvalue weighted by Gasteiger charge is 2.17. The monoisotopic (exact) mass is 350 g/mol. The molecule has 0 unspecified atom stereocenters. The van der Waals surface area contributed by atoms with E-state index >= 15 is 0 Å². The van der Waals surface area contributed by atoms with Gasteiger partial charge in [0, 0.05) is 17.1 Å². The summed E-state index contributed by atoms with van der Waals surface area (Å²) >= 11 is 3.23. The van der Waals surface area contributed by atoms with Gasteiger partial charge in [-0.2, -0.15) is 0 Å². The first-order valence-corrected chi connectivity index (χ1v) is 7.16. The normalized spacial score (nSPS) is 10.4. The maximum absolute atomic E-state index is 11.1. The number of nitrogens with one attached hydrogen (secondary N) is 1. The van der Waals surface area contributed by atoms with Crippen LogP contribution >= 0.6 is 15.9 Å². The molecule has 2 aromatic rings. The average molecular weight is 351 g/mol. The number of halogens is 1. The number of nitrogens with zero attached hydrogens (tertiary/aromatic N) is 1. The van der Waals surface area contributed by atoms with Gasteiger partial charge < -0.3 is 10.1 Å². The van der Waals surface area contributed by atoms with Crippen LogP contribution in [0.5, 0.6) is 11.5 Å². The third-order valence-electron chi connectivity index (χ3n) is 2.97. The Labute approximate surface area is 131 Å². The lowest BCUT2D eigenvalue weighted by Crippen LogP contribution is -2.05. The Morgan fingerprint density at radius 1 is 1.24 bits per heavy atom. The Kier molecular flexibility index (Phi) is 4.93. The van der Waals surface area contributed by atoms with E-state index in [0.717, 1.165) is 11.1 Å². The van der Waals surface area contributed by atoms with Crippen LogP contribution in [0.15, 0.2) is 40.9 Å². The molecule has 0 atom stereocenters. The molecule has 0 amide bonds. The Hall–Kier alpha value is -1.92. The molecule has 2 aromatic carbocycles. The molecule has 0 aliphatic carbocycles. The van der Waals surface area contributed by atoms with Gasteiger partial charge in [0.25, 0.3) is 0 Å². The van der Waals surface area contributed by atoms with Crippen molar-refractivity contribution in [2.45, 2.75) is 13.5 Å². The molecule has 110 valence electrons. The number of rotatable bonds is 5. The first kappa shape index (κ1) is 15.5. The summed E-state index contributed by atoms with van der Waals surface area (Å²) < 4.78 is 6.39. The van der Waals surface area contributed by atoms with E-state index in [1.54, 1.807) is 12.1 Å². The van der Waals surface area contributed by atoms with Gasteiger partial charge in [-0.25, -0.2) is 0 Å². The summed E-state index contributed by atoms with van der Waals surface area (Å²) in [6, 6.07) is 10.6. The van der Waals surface area contributed by atoms with Crippen LogP contribution in [0.1, 0.15) is 11.1 Å². The van der Waals surface area contributed by atoms with Gasteiger partial charge in [0.1, 0.15) is 5.75 Å². The van der Waals surface area contributed by atoms with Crippen LogP contribution in [0.25, 0.3) is 0 Å². The number of hydrogen-bond donors (Lipinski definition) is 1. The number of aryl methyl sites for hydroxylation is 1. The molecule has 0 saturated carbocycles. The quantitative estimate of drug-likeness (QED) is 0.648. The predicted octanol–water partition coefficient (Wildman–Crippen LogP) is 4.18. The molecule has 0 bridgehead atoms. The van der Waals surface area contributed by atoms with Crippen LogP contribution in [0.4, 0.5) is 5.69 Å². The molecule has 0 saturated heterocycles. The Morgan fingerprint density at radius 2 is 2.00 bits per heavy atom. The third kappa shape index (κ3) is 3.80. The highest BCUT2D eigenvalue weighted by atomic mass is 79.9. The molecular weight excluding hydrogens is 336 g/mol. The summed E-state index contributed by atoms with van der Waals surface area (Å²) in [5, 5.41) is 14.2. The third-order valence-corrected chi connectivity index (χ3v) is 3.46. The Bertz CT molecular complexity index is 674. The molecule has 0 heterocycles. The number of ether oxygens (including phenoxy) is 1. The van der Waals surface area contributed by atoms with Gasteiger partial charge in [-0.05, 0) is 43.3 Å². The first-order chi connectivity index (χ1) is 10.0. The molecular formula is C15H15BrN2O3. The smallest absolute Gasteiger partial charge is 0.312 e. The van der Waals surface area contributed by atoms with Gasteiger partial charge in [-0.3, -0.25) is 10.1 Å². The zero-order valence-electron chi connectivity index (χ0n) is 11.7. The number of nitro groups is 1. The fourth-order valence-corrected chi connectivity index (χ4v) is 2.26. The van der Waals surface area contributed by atoms with E-state index < -0.39 is 4.92 Å². The van der Waals surface area contributed by atoms with E-state index in [1.807, 2.05) is 32.2 Å². The van der Waals surface area contributed by atoms with Crippen LogP contribution in [-0.4, -0.2) is 12.0 Å². The second-order valence-corrected chi connectivity index (χ2v) is 5.52. The van der Waals surface area contributed by atoms with Crippen LogP contribution in [0.3, 0.4) is 0 Å². The Morgan fingerprint density at radius 3 is 2.67 bits per heavy atom. The van der Waals surface area contributed by atoms with E-state index in [2.05, 4.69) is 21.2 Å². The molecule has 0 aliphatic heterocycles. The average Bonchev–Trinajstić information content (AvgIpc) is 2.44. The van der Waals surface area contributed by atoms with Crippen LogP contribution in [-0.2, 0) is 6.54 Å². The SMILES string of the molecule is CNCc1ccc(C)c(Oc2ccc(Br)cc2[N+](=O)[O-])c1. The minimum Gasteiger partial charge on any atom is -0.450 e. The van der Waals surface area contributed by atoms with E-state index in [4.69, 9.17) is 4.74 Å². The summed E-state index contributed by atoms with van der Waals surface area (Å²) in [5.41, 5.74) is 1.91. The van der Waals surface area contributed by atoms with Crippen molar-refractivity contribution in [1.29, 1.82) is 0 Å². The summed E-state index contributed by atoms with van der Waals surface area (Å²) in [6.45, 7) is 2.61. The minimum atomic E-state index is -0.452. The van der Waals surface area contributed by atoms with Gasteiger partial charge in [0.2, 0.25) is 5.75 Å². The van der Waals surface area contributed by atoms with Crippen molar-refractivity contribution >= 4 is 21.6 Å². The van der Waals surface area contributed by atoms with E-state index in [9.17, 15) is 10.1 Å². The zero-order valence-corrected chi connectivity index (χ0v) is 13.3. The summed E-state index contributed by atoms with van der Waals surface area (Å²) in [7, 11) is 1.86. The molecule has 21 heavy (non-hydrogen) atoms. The second-order valence-electron chi connectivity index (χ2n) is 4.60. The fourth-order valence-electron chi connectivity index (χ4n) is 1.91. The molecule has 0 radical (unpaired) electrons. The maximum atomic E-state index is 11.1. The van der Waals surface area contributed by atoms with E-state index in [0.29, 0.717) is 16.8 Å². The second kappa shape index (κ2) is 6.69. The molecule has 0 aromatic heterocycles. The van der Waals surface area contributed by atoms with Crippen molar-refractivity contribution in [3.8, 4) is 11.5 Å². The highest BCUT2D eigenvalue weighted by molar-refractivity contribution is 9.10. The zero-order chi connectivity index (χ0) is 15.4. The molecule has 1 N–H and O–H groups in total. The Balaban J connectivity index is 2.38. The van der Waals surface area contributed by atoms with Gasteiger partial charge in [0.05, 0.1) is 4.92 Å². The molecule has 0 aliphatic rings. The van der Waals surface area contributed by atoms with Crippen LogP contribution in [0.2, 0.25) is 0 Å². The molecule has 2 rings (SSSR count). The van der Waals surface area contributed by atoms with Gasteiger partial charge in [-0.15, -0.1) is 0 Å². The highest BCUT2D eigenvalue weighted by Crippen LogP contribution is 2.35. The number of nitro benzene ring substituents is 1. The lowest BCUT2D eigenvalue weighted by atomic mass is 10.1. The lowest BCUT2D eigenvalue weighted by molar-refractivity contribution is -0.385. The van der Waals surface area contributed by atoms with Crippen molar-refractivity contribution in [2.75, 3.05) is 7.05 Å². The van der Waals surface area contributed by atoms with Gasteiger partial charge in [0.15, 0.2) is 0 Å². The van der Waals surface area contributed by atoms with Crippen LogP contribution < -0.4 is 10.1 Å². The van der Waals surface area contributed by atoms with Crippen molar-refractivity contribution in [1.82, 2.24) is 5.32 Å². The minimum absolute atomic E-state index is 0.0669. The summed E-state index contributed by atoms with van der Waals surface area (Å²) in [6.07, 6.45) is 0. The number of hydrogen-bond acceptors (Lipinski definition) is 4. The van der Waals surface area contributed by atoms with Crippen LogP contribution in [0, 0.1) is 17.0 Å². The lowest BCUT2D eigenvalue weighted by Gasteiger charge is -2.11. The molecule has 6 heteroatoms. The van der Waals surface area contributed by atoms with Gasteiger partial charge in [-0.1, -0.05) is 28.1 Å². The molecule has 5 nitrogen and oxygen atoms in total. The van der Waals surface area contributed by atoms with Crippen molar-refractivity contribution in [2.24, 2.45) is 0 Å². The van der Waals surface area contributed by atoms with Gasteiger partial charge >= 0.3 is 5.69 Å². The predicted molar refractivity (Wildman–Crippen MR) is 84.8 cm³/mol. The van der Waals surface area contributed by atoms with Crippen molar-refractivity contribution < 1.29 is 9.66 Å². The van der Waals surface area contributed by atoms with E-state index in [-0.39, 0.29) is 11.4 Å². The standard InChI is InChI=1S/C15H15BrN2O3/c1-10-3-4-11(9-17-2)7-15(10)21-14-6-5-12(16)8-13(14)18(19)20/h3-8,17H,9H2,1-2H3. The van der Waals surface area contributed by atoms with Crippen molar-refractivity contribution in [3.05, 3.63) is 62.1 Å².